The quantitative estimate of drug-likeness (QED) is 0.436. The van der Waals surface area contributed by atoms with E-state index in [1.54, 1.807) is 30.3 Å². The lowest BCUT2D eigenvalue weighted by molar-refractivity contribution is 0.0953. The fourth-order valence-corrected chi connectivity index (χ4v) is 1.82. The molecule has 0 heterocycles. The van der Waals surface area contributed by atoms with Gasteiger partial charge in [-0.25, -0.2) is 5.84 Å². The molecule has 1 amide bonds. The second-order valence-corrected chi connectivity index (χ2v) is 4.23. The van der Waals surface area contributed by atoms with Crippen LogP contribution in [0.15, 0.2) is 48.5 Å². The molecular formula is C15H16N2O3. The zero-order valence-electron chi connectivity index (χ0n) is 10.9. The molecule has 104 valence electrons. The van der Waals surface area contributed by atoms with Gasteiger partial charge in [0, 0.05) is 11.1 Å². The summed E-state index contributed by atoms with van der Waals surface area (Å²) in [6, 6.07) is 14.3. The molecule has 2 aromatic carbocycles. The molecule has 0 spiro atoms. The predicted octanol–water partition coefficient (Wildman–Crippen LogP) is 1.36. The molecule has 0 aliphatic carbocycles. The van der Waals surface area contributed by atoms with Crippen LogP contribution in [0.1, 0.15) is 21.5 Å². The highest BCUT2D eigenvalue weighted by Crippen LogP contribution is 2.19. The maximum atomic E-state index is 11.4. The lowest BCUT2D eigenvalue weighted by Crippen LogP contribution is -2.30. The summed E-state index contributed by atoms with van der Waals surface area (Å²) < 4.78 is 5.66. The van der Waals surface area contributed by atoms with Crippen molar-refractivity contribution in [2.45, 2.75) is 13.2 Å². The minimum atomic E-state index is -0.345. The number of nitrogens with two attached hydrogens (primary N) is 1. The zero-order valence-corrected chi connectivity index (χ0v) is 10.9. The van der Waals surface area contributed by atoms with Crippen molar-refractivity contribution in [3.8, 4) is 5.75 Å². The Hall–Kier alpha value is -2.37. The third kappa shape index (κ3) is 3.34. The highest BCUT2D eigenvalue weighted by atomic mass is 16.5. The van der Waals surface area contributed by atoms with Crippen molar-refractivity contribution in [3.63, 3.8) is 0 Å². The molecule has 0 radical (unpaired) electrons. The second-order valence-electron chi connectivity index (χ2n) is 4.23. The normalized spacial score (nSPS) is 10.1. The first-order chi connectivity index (χ1) is 9.74. The van der Waals surface area contributed by atoms with Crippen molar-refractivity contribution in [2.75, 3.05) is 0 Å². The van der Waals surface area contributed by atoms with Crippen molar-refractivity contribution in [2.24, 2.45) is 5.84 Å². The average Bonchev–Trinajstić information content (AvgIpc) is 2.52. The van der Waals surface area contributed by atoms with Crippen molar-refractivity contribution in [1.82, 2.24) is 5.43 Å². The van der Waals surface area contributed by atoms with Gasteiger partial charge in [-0.15, -0.1) is 0 Å². The Morgan fingerprint density at radius 2 is 2.00 bits per heavy atom. The molecule has 5 heteroatoms. The topological polar surface area (TPSA) is 84.6 Å². The fraction of sp³-hybridized carbons (Fsp3) is 0.133. The summed E-state index contributed by atoms with van der Waals surface area (Å²) in [5.41, 5.74) is 4.14. The maximum Gasteiger partial charge on any atom is 0.265 e. The molecule has 2 aromatic rings. The van der Waals surface area contributed by atoms with E-state index in [1.807, 2.05) is 18.2 Å². The van der Waals surface area contributed by atoms with Crippen LogP contribution in [0.3, 0.4) is 0 Å². The number of benzene rings is 2. The third-order valence-electron chi connectivity index (χ3n) is 2.86. The Kier molecular flexibility index (Phi) is 4.70. The first kappa shape index (κ1) is 14.0. The van der Waals surface area contributed by atoms with E-state index in [-0.39, 0.29) is 12.5 Å². The number of amides is 1. The Balaban J connectivity index is 2.09. The van der Waals surface area contributed by atoms with Gasteiger partial charge in [0.2, 0.25) is 0 Å². The summed E-state index contributed by atoms with van der Waals surface area (Å²) in [7, 11) is 0. The van der Waals surface area contributed by atoms with Crippen LogP contribution in [-0.4, -0.2) is 11.0 Å². The zero-order chi connectivity index (χ0) is 14.4. The maximum absolute atomic E-state index is 11.4. The van der Waals surface area contributed by atoms with Gasteiger partial charge in [0.05, 0.1) is 6.61 Å². The number of aliphatic hydroxyl groups excluding tert-OH is 1. The van der Waals surface area contributed by atoms with Crippen LogP contribution in [-0.2, 0) is 13.2 Å². The summed E-state index contributed by atoms with van der Waals surface area (Å²) >= 11 is 0. The molecule has 0 saturated heterocycles. The van der Waals surface area contributed by atoms with Crippen LogP contribution in [0, 0.1) is 0 Å². The minimum absolute atomic E-state index is 0.0776. The lowest BCUT2D eigenvalue weighted by atomic mass is 10.1. The van der Waals surface area contributed by atoms with Crippen molar-refractivity contribution in [1.29, 1.82) is 0 Å². The molecule has 0 aliphatic heterocycles. The van der Waals surface area contributed by atoms with Gasteiger partial charge in [-0.3, -0.25) is 10.2 Å². The van der Waals surface area contributed by atoms with Crippen LogP contribution < -0.4 is 16.0 Å². The van der Waals surface area contributed by atoms with Gasteiger partial charge in [0.15, 0.2) is 0 Å². The lowest BCUT2D eigenvalue weighted by Gasteiger charge is -2.10. The van der Waals surface area contributed by atoms with Gasteiger partial charge in [-0.2, -0.15) is 0 Å². The molecule has 20 heavy (non-hydrogen) atoms. The third-order valence-corrected chi connectivity index (χ3v) is 2.86. The van der Waals surface area contributed by atoms with E-state index in [0.29, 0.717) is 17.9 Å². The van der Waals surface area contributed by atoms with E-state index >= 15 is 0 Å². The van der Waals surface area contributed by atoms with Crippen LogP contribution in [0.2, 0.25) is 0 Å². The average molecular weight is 272 g/mol. The summed E-state index contributed by atoms with van der Waals surface area (Å²) in [4.78, 5) is 11.4. The van der Waals surface area contributed by atoms with Gasteiger partial charge >= 0.3 is 0 Å². The molecule has 2 rings (SSSR count). The molecule has 5 nitrogen and oxygen atoms in total. The number of nitrogens with one attached hydrogen (secondary N) is 1. The molecule has 0 atom stereocenters. The first-order valence-corrected chi connectivity index (χ1v) is 6.16. The van der Waals surface area contributed by atoms with E-state index in [0.717, 1.165) is 11.1 Å². The number of hydrazine groups is 1. The highest BCUT2D eigenvalue weighted by Gasteiger charge is 2.05. The van der Waals surface area contributed by atoms with Crippen LogP contribution in [0.4, 0.5) is 0 Å². The number of hydrogen-bond donors (Lipinski definition) is 3. The summed E-state index contributed by atoms with van der Waals surface area (Å²) in [5.74, 6) is 5.38. The van der Waals surface area contributed by atoms with Crippen LogP contribution >= 0.6 is 0 Å². The fourth-order valence-electron chi connectivity index (χ4n) is 1.82. The number of hydrogen-bond acceptors (Lipinski definition) is 4. The molecule has 0 bridgehead atoms. The number of ether oxygens (including phenoxy) is 1. The summed E-state index contributed by atoms with van der Waals surface area (Å²) in [6.07, 6.45) is 0. The highest BCUT2D eigenvalue weighted by molar-refractivity contribution is 5.93. The van der Waals surface area contributed by atoms with Crippen molar-refractivity contribution in [3.05, 3.63) is 65.2 Å². The van der Waals surface area contributed by atoms with Crippen LogP contribution in [0.5, 0.6) is 5.75 Å². The number of aliphatic hydroxyl groups is 1. The number of carbonyl (C=O) groups excluding carboxylic acids is 1. The Morgan fingerprint density at radius 1 is 1.20 bits per heavy atom. The number of nitrogen functional groups attached to an aromatic ring is 1. The molecule has 0 saturated carbocycles. The van der Waals surface area contributed by atoms with E-state index in [4.69, 9.17) is 10.6 Å². The number of carbonyl (C=O) groups is 1. The SMILES string of the molecule is NNC(=O)c1cccc(COc2ccccc2CO)c1. The predicted molar refractivity (Wildman–Crippen MR) is 74.8 cm³/mol. The molecule has 0 aliphatic rings. The van der Waals surface area contributed by atoms with E-state index < -0.39 is 0 Å². The van der Waals surface area contributed by atoms with Gasteiger partial charge < -0.3 is 9.84 Å². The Bertz CT molecular complexity index is 599. The van der Waals surface area contributed by atoms with E-state index in [9.17, 15) is 9.90 Å². The standard InChI is InChI=1S/C15H16N2O3/c16-17-15(19)12-6-3-4-11(8-12)10-20-14-7-2-1-5-13(14)9-18/h1-8,18H,9-10,16H2,(H,17,19). The van der Waals surface area contributed by atoms with Gasteiger partial charge in [-0.05, 0) is 23.8 Å². The smallest absolute Gasteiger partial charge is 0.265 e. The summed E-state index contributed by atoms with van der Waals surface area (Å²) in [5, 5.41) is 9.22. The molecule has 0 unspecified atom stereocenters. The number of para-hydroxylation sites is 1. The number of rotatable bonds is 5. The van der Waals surface area contributed by atoms with Crippen molar-refractivity contribution < 1.29 is 14.6 Å². The summed E-state index contributed by atoms with van der Waals surface area (Å²) in [6.45, 7) is 0.231. The Labute approximate surface area is 117 Å². The molecule has 0 fully saturated rings. The second kappa shape index (κ2) is 6.70. The van der Waals surface area contributed by atoms with Crippen LogP contribution in [0.25, 0.3) is 0 Å². The first-order valence-electron chi connectivity index (χ1n) is 6.16. The molecular weight excluding hydrogens is 256 g/mol. The van der Waals surface area contributed by atoms with E-state index in [2.05, 4.69) is 5.43 Å². The van der Waals surface area contributed by atoms with E-state index in [1.165, 1.54) is 0 Å². The monoisotopic (exact) mass is 272 g/mol. The van der Waals surface area contributed by atoms with Gasteiger partial charge in [-0.1, -0.05) is 30.3 Å². The minimum Gasteiger partial charge on any atom is -0.489 e. The van der Waals surface area contributed by atoms with Crippen molar-refractivity contribution >= 4 is 5.91 Å². The largest absolute Gasteiger partial charge is 0.489 e. The molecule has 0 aromatic heterocycles. The van der Waals surface area contributed by atoms with Gasteiger partial charge in [0.25, 0.3) is 5.91 Å². The Morgan fingerprint density at radius 3 is 2.75 bits per heavy atom. The molecule has 4 N–H and O–H groups in total. The van der Waals surface area contributed by atoms with Gasteiger partial charge in [0.1, 0.15) is 12.4 Å².